The highest BCUT2D eigenvalue weighted by atomic mass is 32.1. The number of aldehydes is 1. The molecule has 2 aromatic rings. The Morgan fingerprint density at radius 3 is 2.28 bits per heavy atom. The van der Waals surface area contributed by atoms with Gasteiger partial charge in [0.1, 0.15) is 0 Å². The van der Waals surface area contributed by atoms with Crippen LogP contribution in [0, 0.1) is 0 Å². The van der Waals surface area contributed by atoms with Crippen molar-refractivity contribution in [3.8, 4) is 10.4 Å². The number of benzene rings is 1. The van der Waals surface area contributed by atoms with Gasteiger partial charge in [-0.2, -0.15) is 0 Å². The van der Waals surface area contributed by atoms with Gasteiger partial charge in [-0.3, -0.25) is 9.59 Å². The number of thiocarbonyl (C=S) groups is 1. The Bertz CT molecular complexity index is 762. The molecule has 2 N–H and O–H groups in total. The third-order valence-corrected chi connectivity index (χ3v) is 4.50. The van der Waals surface area contributed by atoms with Crippen LogP contribution >= 0.6 is 23.6 Å². The predicted molar refractivity (Wildman–Crippen MR) is 110 cm³/mol. The second-order valence-corrected chi connectivity index (χ2v) is 6.28. The van der Waals surface area contributed by atoms with Gasteiger partial charge in [0.2, 0.25) is 0 Å². The van der Waals surface area contributed by atoms with Gasteiger partial charge in [0.25, 0.3) is 0 Å². The normalized spacial score (nSPS) is 10.3. The lowest BCUT2D eigenvalue weighted by molar-refractivity contribution is -0.105. The summed E-state index contributed by atoms with van der Waals surface area (Å²) in [6.07, 6.45) is 2.47. The molecule has 1 aromatic heterocycles. The first-order valence-corrected chi connectivity index (χ1v) is 9.13. The van der Waals surface area contributed by atoms with Crippen molar-refractivity contribution in [2.75, 3.05) is 7.05 Å². The number of nitrogens with one attached hydrogen (secondary N) is 2. The monoisotopic (exact) mass is 374 g/mol. The quantitative estimate of drug-likeness (QED) is 0.354. The van der Waals surface area contributed by atoms with Crippen LogP contribution < -0.4 is 10.6 Å². The van der Waals surface area contributed by atoms with E-state index in [2.05, 4.69) is 10.6 Å². The summed E-state index contributed by atoms with van der Waals surface area (Å²) in [6.45, 7) is 5.55. The molecule has 0 saturated carbocycles. The van der Waals surface area contributed by atoms with E-state index in [1.807, 2.05) is 50.2 Å². The summed E-state index contributed by atoms with van der Waals surface area (Å²) in [7, 11) is 1.69. The van der Waals surface area contributed by atoms with Gasteiger partial charge >= 0.3 is 0 Å². The zero-order chi connectivity index (χ0) is 18.8. The molecule has 4 nitrogen and oxygen atoms in total. The van der Waals surface area contributed by atoms with Gasteiger partial charge in [0, 0.05) is 22.4 Å². The Kier molecular flexibility index (Phi) is 8.74. The fourth-order valence-corrected chi connectivity index (χ4v) is 2.98. The number of hydrogen-bond acceptors (Lipinski definition) is 4. The van der Waals surface area contributed by atoms with E-state index in [1.165, 1.54) is 0 Å². The number of carbonyl (C=O) groups is 2. The highest BCUT2D eigenvalue weighted by Crippen LogP contribution is 2.29. The molecule has 0 fully saturated rings. The van der Waals surface area contributed by atoms with Gasteiger partial charge in [-0.1, -0.05) is 38.1 Å². The van der Waals surface area contributed by atoms with Crippen LogP contribution in [0.1, 0.15) is 36.0 Å². The number of Topliss-reactive ketones (excluding diaryl/α,β-unsaturated/α-hetero) is 1. The molecule has 0 aliphatic carbocycles. The van der Waals surface area contributed by atoms with Crippen LogP contribution in [0.15, 0.2) is 42.1 Å². The summed E-state index contributed by atoms with van der Waals surface area (Å²) in [5.74, 6) is 0.0496. The van der Waals surface area contributed by atoms with Crippen molar-refractivity contribution < 1.29 is 9.59 Å². The Labute approximate surface area is 158 Å². The molecule has 25 heavy (non-hydrogen) atoms. The lowest BCUT2D eigenvalue weighted by atomic mass is 10.1. The maximum absolute atomic E-state index is 11.3. The molecule has 0 radical (unpaired) electrons. The van der Waals surface area contributed by atoms with Gasteiger partial charge in [-0.25, -0.2) is 0 Å². The van der Waals surface area contributed by atoms with Crippen molar-refractivity contribution in [2.24, 2.45) is 0 Å². The zero-order valence-electron chi connectivity index (χ0n) is 14.8. The van der Waals surface area contributed by atoms with Crippen molar-refractivity contribution in [1.29, 1.82) is 0 Å². The second-order valence-electron chi connectivity index (χ2n) is 4.76. The molecule has 0 unspecified atom stereocenters. The van der Waals surface area contributed by atoms with E-state index in [1.54, 1.807) is 31.4 Å². The van der Waals surface area contributed by atoms with E-state index in [0.717, 1.165) is 21.6 Å². The molecule has 6 heteroatoms. The van der Waals surface area contributed by atoms with Crippen LogP contribution in [0.4, 0.5) is 0 Å². The zero-order valence-corrected chi connectivity index (χ0v) is 16.4. The predicted octanol–water partition coefficient (Wildman–Crippen LogP) is 4.28. The number of rotatable bonds is 5. The number of ketones is 1. The average molecular weight is 375 g/mol. The molecule has 0 aliphatic heterocycles. The third-order valence-electron chi connectivity index (χ3n) is 3.11. The topological polar surface area (TPSA) is 58.2 Å². The van der Waals surface area contributed by atoms with Gasteiger partial charge in [0.15, 0.2) is 17.2 Å². The van der Waals surface area contributed by atoms with Crippen molar-refractivity contribution in [1.82, 2.24) is 10.6 Å². The molecule has 0 bridgehead atoms. The molecular formula is C19H22N2O2S2. The van der Waals surface area contributed by atoms with Crippen molar-refractivity contribution >= 4 is 46.8 Å². The first kappa shape index (κ1) is 20.7. The Morgan fingerprint density at radius 2 is 1.76 bits per heavy atom. The van der Waals surface area contributed by atoms with Gasteiger partial charge in [-0.05, 0) is 42.9 Å². The first-order valence-electron chi connectivity index (χ1n) is 7.90. The van der Waals surface area contributed by atoms with Crippen LogP contribution in [0.25, 0.3) is 16.5 Å². The number of carbonyl (C=O) groups excluding carboxylic acids is 2. The summed E-state index contributed by atoms with van der Waals surface area (Å²) < 4.78 is 0. The first-order chi connectivity index (χ1) is 12.0. The molecular weight excluding hydrogens is 352 g/mol. The van der Waals surface area contributed by atoms with Crippen LogP contribution in [0.3, 0.4) is 0 Å². The van der Waals surface area contributed by atoms with E-state index in [0.29, 0.717) is 16.4 Å². The Hall–Kier alpha value is -2.31. The summed E-state index contributed by atoms with van der Waals surface area (Å²) in [6, 6.07) is 11.4. The standard InChI is InChI=1S/C17H16N2O2S2.C2H6/c1-11(21)12-3-5-13(6-4-12)16-8-7-15(23-16)9-14(10-20)19-17(22)18-2;1-2/h3-10H,1-2H3,(H2,18,19,22);1-2H3/b14-9+;. The molecule has 0 saturated heterocycles. The molecule has 132 valence electrons. The molecule has 2 rings (SSSR count). The summed E-state index contributed by atoms with van der Waals surface area (Å²) in [5, 5.41) is 5.96. The fraction of sp³-hybridized carbons (Fsp3) is 0.211. The minimum atomic E-state index is 0.0496. The number of thiophene rings is 1. The highest BCUT2D eigenvalue weighted by molar-refractivity contribution is 7.80. The molecule has 0 aliphatic rings. The summed E-state index contributed by atoms with van der Waals surface area (Å²) in [5.41, 5.74) is 2.12. The molecule has 1 heterocycles. The lowest BCUT2D eigenvalue weighted by Crippen LogP contribution is -2.32. The minimum absolute atomic E-state index is 0.0496. The number of allylic oxidation sites excluding steroid dienone is 1. The van der Waals surface area contributed by atoms with E-state index in [9.17, 15) is 9.59 Å². The van der Waals surface area contributed by atoms with Gasteiger partial charge in [0.05, 0.1) is 5.70 Å². The van der Waals surface area contributed by atoms with E-state index in [4.69, 9.17) is 12.2 Å². The smallest absolute Gasteiger partial charge is 0.170 e. The van der Waals surface area contributed by atoms with Crippen LogP contribution in [0.2, 0.25) is 0 Å². The third kappa shape index (κ3) is 6.25. The Morgan fingerprint density at radius 1 is 1.12 bits per heavy atom. The van der Waals surface area contributed by atoms with E-state index < -0.39 is 0 Å². The maximum Gasteiger partial charge on any atom is 0.170 e. The highest BCUT2D eigenvalue weighted by Gasteiger charge is 2.05. The molecule has 0 atom stereocenters. The average Bonchev–Trinajstić information content (AvgIpc) is 3.11. The van der Waals surface area contributed by atoms with Gasteiger partial charge < -0.3 is 10.6 Å². The van der Waals surface area contributed by atoms with Crippen LogP contribution in [-0.2, 0) is 4.79 Å². The fourth-order valence-electron chi connectivity index (χ4n) is 1.90. The molecule has 0 spiro atoms. The number of hydrogen-bond donors (Lipinski definition) is 2. The lowest BCUT2D eigenvalue weighted by Gasteiger charge is -2.05. The van der Waals surface area contributed by atoms with Crippen molar-refractivity contribution in [2.45, 2.75) is 20.8 Å². The second kappa shape index (κ2) is 10.5. The maximum atomic E-state index is 11.3. The summed E-state index contributed by atoms with van der Waals surface area (Å²) >= 11 is 6.54. The Balaban J connectivity index is 0.00000151. The van der Waals surface area contributed by atoms with Crippen LogP contribution in [-0.4, -0.2) is 24.2 Å². The summed E-state index contributed by atoms with van der Waals surface area (Å²) in [4.78, 5) is 24.4. The van der Waals surface area contributed by atoms with Gasteiger partial charge in [-0.15, -0.1) is 11.3 Å². The van der Waals surface area contributed by atoms with E-state index in [-0.39, 0.29) is 5.78 Å². The molecule has 1 aromatic carbocycles. The SMILES string of the molecule is CC.CNC(=S)N/C(C=O)=C/c1ccc(-c2ccc(C(C)=O)cc2)s1. The van der Waals surface area contributed by atoms with Crippen molar-refractivity contribution in [3.05, 3.63) is 52.5 Å². The minimum Gasteiger partial charge on any atom is -0.366 e. The van der Waals surface area contributed by atoms with Crippen LogP contribution in [0.5, 0.6) is 0 Å². The van der Waals surface area contributed by atoms with E-state index >= 15 is 0 Å². The van der Waals surface area contributed by atoms with Crippen molar-refractivity contribution in [3.63, 3.8) is 0 Å². The largest absolute Gasteiger partial charge is 0.366 e. The molecule has 0 amide bonds.